The number of nitrogens with zero attached hydrogens (tertiary/aromatic N) is 2. The van der Waals surface area contributed by atoms with Crippen molar-refractivity contribution in [2.45, 2.75) is 82.8 Å². The Balaban J connectivity index is 1.66. The van der Waals surface area contributed by atoms with E-state index in [-0.39, 0.29) is 32.0 Å². The van der Waals surface area contributed by atoms with Crippen molar-refractivity contribution in [3.05, 3.63) is 54.1 Å². The summed E-state index contributed by atoms with van der Waals surface area (Å²) >= 11 is 6.59. The van der Waals surface area contributed by atoms with E-state index in [4.69, 9.17) is 21.1 Å². The molecule has 0 aliphatic carbocycles. The SMILES string of the molecule is C=CCCC(=O)NC[C@@H](C)OC(=O)[C@@H]1[C@@H]2CC[C@]3(O2)[C@H](C(=O)N(CC=C)c2c(C)cccc2Cl)N([C@@H](CC)CO)C(=O)[C@@H]13. The largest absolute Gasteiger partial charge is 0.460 e. The summed E-state index contributed by atoms with van der Waals surface area (Å²) < 4.78 is 12.2. The summed E-state index contributed by atoms with van der Waals surface area (Å²) in [6.07, 6.45) is 4.07. The number of allylic oxidation sites excluding steroid dienone is 1. The molecule has 3 saturated heterocycles. The quantitative estimate of drug-likeness (QED) is 0.243. The second-order valence-electron chi connectivity index (χ2n) is 11.6. The third-order valence-electron chi connectivity index (χ3n) is 8.84. The number of aliphatic hydroxyl groups is 1. The first-order valence-electron chi connectivity index (χ1n) is 14.9. The molecular formula is C32H42ClN3O7. The summed E-state index contributed by atoms with van der Waals surface area (Å²) in [5, 5.41) is 13.4. The second-order valence-corrected chi connectivity index (χ2v) is 12.0. The van der Waals surface area contributed by atoms with Gasteiger partial charge in [0, 0.05) is 13.0 Å². The minimum absolute atomic E-state index is 0.118. The molecule has 2 bridgehead atoms. The number of benzene rings is 1. The predicted octanol–water partition coefficient (Wildman–Crippen LogP) is 3.33. The smallest absolute Gasteiger partial charge is 0.312 e. The number of para-hydroxylation sites is 1. The third kappa shape index (κ3) is 5.97. The Morgan fingerprint density at radius 2 is 2.07 bits per heavy atom. The zero-order valence-corrected chi connectivity index (χ0v) is 25.8. The molecule has 1 aromatic rings. The molecule has 3 heterocycles. The molecule has 3 amide bonds. The predicted molar refractivity (Wildman–Crippen MR) is 162 cm³/mol. The molecular weight excluding hydrogens is 574 g/mol. The fourth-order valence-corrected chi connectivity index (χ4v) is 7.20. The summed E-state index contributed by atoms with van der Waals surface area (Å²) in [5.41, 5.74) is -0.00159. The highest BCUT2D eigenvalue weighted by Crippen LogP contribution is 2.59. The molecule has 4 rings (SSSR count). The van der Waals surface area contributed by atoms with Crippen LogP contribution in [0.2, 0.25) is 5.02 Å². The maximum Gasteiger partial charge on any atom is 0.312 e. The highest BCUT2D eigenvalue weighted by Gasteiger charge is 2.75. The molecule has 0 aromatic heterocycles. The first-order valence-corrected chi connectivity index (χ1v) is 15.3. The number of rotatable bonds is 14. The van der Waals surface area contributed by atoms with Gasteiger partial charge in [0.1, 0.15) is 17.7 Å². The number of esters is 1. The molecule has 1 aromatic carbocycles. The molecule has 234 valence electrons. The van der Waals surface area contributed by atoms with Crippen LogP contribution in [0.4, 0.5) is 5.69 Å². The van der Waals surface area contributed by atoms with Crippen molar-refractivity contribution in [3.8, 4) is 0 Å². The van der Waals surface area contributed by atoms with Crippen LogP contribution in [-0.4, -0.2) is 83.3 Å². The number of amides is 3. The first kappa shape index (κ1) is 32.7. The Morgan fingerprint density at radius 3 is 2.70 bits per heavy atom. The monoisotopic (exact) mass is 615 g/mol. The van der Waals surface area contributed by atoms with Crippen LogP contribution >= 0.6 is 11.6 Å². The average Bonchev–Trinajstić information content (AvgIpc) is 3.62. The van der Waals surface area contributed by atoms with Gasteiger partial charge in [-0.3, -0.25) is 19.2 Å². The Bertz CT molecular complexity index is 1250. The van der Waals surface area contributed by atoms with E-state index in [0.717, 1.165) is 5.56 Å². The third-order valence-corrected chi connectivity index (χ3v) is 9.14. The topological polar surface area (TPSA) is 125 Å². The molecule has 11 heteroatoms. The molecule has 0 saturated carbocycles. The number of carbonyl (C=O) groups excluding carboxylic acids is 4. The Labute approximate surface area is 258 Å². The molecule has 10 nitrogen and oxygen atoms in total. The molecule has 43 heavy (non-hydrogen) atoms. The van der Waals surface area contributed by atoms with Crippen LogP contribution in [0, 0.1) is 18.8 Å². The number of ether oxygens (including phenoxy) is 2. The number of hydrogen-bond donors (Lipinski definition) is 2. The number of hydrogen-bond acceptors (Lipinski definition) is 7. The molecule has 3 aliphatic rings. The standard InChI is InChI=1S/C32H42ClN3O7/c1-6-9-13-24(38)34-17-20(5)42-31(41)25-23-14-15-32(43-23)26(25)29(39)36(21(8-3)18-37)28(32)30(40)35(16-7-2)27-19(4)11-10-12-22(27)33/h6-7,10-12,20-21,23,25-26,28,37H,1-2,8-9,13-18H2,3-5H3,(H,34,38)/t20-,21+,23+,25-,26-,28+,32-/m1/s1. The minimum Gasteiger partial charge on any atom is -0.460 e. The van der Waals surface area contributed by atoms with E-state index in [0.29, 0.717) is 36.4 Å². The zero-order valence-electron chi connectivity index (χ0n) is 25.1. The fraction of sp³-hybridized carbons (Fsp3) is 0.562. The van der Waals surface area contributed by atoms with E-state index in [1.54, 1.807) is 31.2 Å². The number of halogens is 1. The van der Waals surface area contributed by atoms with Gasteiger partial charge in [-0.05, 0) is 51.2 Å². The van der Waals surface area contributed by atoms with Crippen molar-refractivity contribution in [1.29, 1.82) is 0 Å². The molecule has 1 spiro atoms. The number of aryl methyl sites for hydroxylation is 1. The van der Waals surface area contributed by atoms with Gasteiger partial charge in [-0.25, -0.2) is 0 Å². The molecule has 2 N–H and O–H groups in total. The van der Waals surface area contributed by atoms with Gasteiger partial charge in [0.15, 0.2) is 0 Å². The van der Waals surface area contributed by atoms with Gasteiger partial charge >= 0.3 is 5.97 Å². The number of fused-ring (bicyclic) bond motifs is 1. The van der Waals surface area contributed by atoms with E-state index in [2.05, 4.69) is 18.5 Å². The zero-order chi connectivity index (χ0) is 31.5. The highest BCUT2D eigenvalue weighted by atomic mass is 35.5. The van der Waals surface area contributed by atoms with Gasteiger partial charge in [0.2, 0.25) is 11.8 Å². The summed E-state index contributed by atoms with van der Waals surface area (Å²) in [7, 11) is 0. The number of aliphatic hydroxyl groups excluding tert-OH is 1. The molecule has 3 fully saturated rings. The maximum absolute atomic E-state index is 14.6. The lowest BCUT2D eigenvalue weighted by Gasteiger charge is -2.39. The van der Waals surface area contributed by atoms with Gasteiger partial charge in [0.05, 0.1) is 47.8 Å². The summed E-state index contributed by atoms with van der Waals surface area (Å²) in [5.74, 6) is -3.49. The van der Waals surface area contributed by atoms with Crippen LogP contribution in [0.25, 0.3) is 0 Å². The van der Waals surface area contributed by atoms with Crippen molar-refractivity contribution in [2.75, 3.05) is 24.6 Å². The Morgan fingerprint density at radius 1 is 1.33 bits per heavy atom. The van der Waals surface area contributed by atoms with Crippen molar-refractivity contribution in [3.63, 3.8) is 0 Å². The average molecular weight is 616 g/mol. The Hall–Kier alpha value is -3.21. The summed E-state index contributed by atoms with van der Waals surface area (Å²) in [6.45, 7) is 12.7. The normalized spacial score (nSPS) is 26.9. The van der Waals surface area contributed by atoms with Crippen molar-refractivity contribution in [2.24, 2.45) is 11.8 Å². The summed E-state index contributed by atoms with van der Waals surface area (Å²) in [6, 6.07) is 3.58. The lowest BCUT2D eigenvalue weighted by molar-refractivity contribution is -0.159. The number of nitrogens with one attached hydrogen (secondary N) is 1. The number of likely N-dealkylation sites (tertiary alicyclic amines) is 1. The van der Waals surface area contributed by atoms with E-state index >= 15 is 0 Å². The van der Waals surface area contributed by atoms with Gasteiger partial charge in [0.25, 0.3) is 5.91 Å². The van der Waals surface area contributed by atoms with Crippen LogP contribution in [0.3, 0.4) is 0 Å². The van der Waals surface area contributed by atoms with Crippen molar-refractivity contribution < 1.29 is 33.8 Å². The van der Waals surface area contributed by atoms with Crippen LogP contribution < -0.4 is 10.2 Å². The molecule has 0 radical (unpaired) electrons. The lowest BCUT2D eigenvalue weighted by atomic mass is 9.70. The maximum atomic E-state index is 14.6. The van der Waals surface area contributed by atoms with E-state index in [1.807, 2.05) is 19.9 Å². The van der Waals surface area contributed by atoms with Gasteiger partial charge in [-0.2, -0.15) is 0 Å². The first-order chi connectivity index (χ1) is 20.6. The van der Waals surface area contributed by atoms with Gasteiger partial charge < -0.3 is 29.7 Å². The van der Waals surface area contributed by atoms with Crippen LogP contribution in [-0.2, 0) is 28.7 Å². The highest BCUT2D eigenvalue weighted by molar-refractivity contribution is 6.34. The molecule has 0 unspecified atom stereocenters. The van der Waals surface area contributed by atoms with E-state index < -0.39 is 59.5 Å². The van der Waals surface area contributed by atoms with Crippen LogP contribution in [0.15, 0.2) is 43.5 Å². The molecule has 7 atom stereocenters. The fourth-order valence-electron chi connectivity index (χ4n) is 6.88. The van der Waals surface area contributed by atoms with Gasteiger partial charge in [-0.15, -0.1) is 13.2 Å². The van der Waals surface area contributed by atoms with Crippen molar-refractivity contribution >= 4 is 41.0 Å². The number of carbonyl (C=O) groups is 4. The van der Waals surface area contributed by atoms with Crippen LogP contribution in [0.5, 0.6) is 0 Å². The van der Waals surface area contributed by atoms with E-state index in [1.165, 1.54) is 9.80 Å². The second kappa shape index (κ2) is 13.6. The van der Waals surface area contributed by atoms with Crippen molar-refractivity contribution in [1.82, 2.24) is 10.2 Å². The summed E-state index contributed by atoms with van der Waals surface area (Å²) in [4.78, 5) is 57.5. The van der Waals surface area contributed by atoms with Gasteiger partial charge in [-0.1, -0.05) is 42.8 Å². The molecule has 3 aliphatic heterocycles. The lowest BCUT2D eigenvalue weighted by Crippen LogP contribution is -2.59. The van der Waals surface area contributed by atoms with E-state index in [9.17, 15) is 24.3 Å². The Kier molecular flexibility index (Phi) is 10.4. The number of anilines is 1. The van der Waals surface area contributed by atoms with Crippen LogP contribution in [0.1, 0.15) is 51.5 Å². The minimum atomic E-state index is -1.28.